The number of nitrogens with one attached hydrogen (secondary N) is 1. The molecule has 2 amide bonds. The van der Waals surface area contributed by atoms with Crippen LogP contribution >= 0.6 is 0 Å². The van der Waals surface area contributed by atoms with Crippen LogP contribution in [0.15, 0.2) is 28.7 Å². The predicted octanol–water partition coefficient (Wildman–Crippen LogP) is 2.16. The van der Waals surface area contributed by atoms with Crippen molar-refractivity contribution < 1.29 is 24.0 Å². The first kappa shape index (κ1) is 12.9. The van der Waals surface area contributed by atoms with Crippen molar-refractivity contribution in [1.29, 1.82) is 0 Å². The van der Waals surface area contributed by atoms with Crippen molar-refractivity contribution in [3.63, 3.8) is 0 Å². The van der Waals surface area contributed by atoms with Crippen molar-refractivity contribution in [2.45, 2.75) is 0 Å². The van der Waals surface area contributed by atoms with Crippen LogP contribution in [0, 0.1) is 0 Å². The summed E-state index contributed by atoms with van der Waals surface area (Å²) in [6.07, 6.45) is -1.28. The summed E-state index contributed by atoms with van der Waals surface area (Å²) in [7, 11) is 2.73. The second kappa shape index (κ2) is 4.99. The van der Waals surface area contributed by atoms with Crippen molar-refractivity contribution in [3.05, 3.63) is 30.0 Å². The number of furan rings is 1. The number of benzene rings is 1. The number of carbonyl (C=O) groups excluding carboxylic acids is 1. The largest absolute Gasteiger partial charge is 0.465 e. The van der Waals surface area contributed by atoms with Gasteiger partial charge in [-0.15, -0.1) is 0 Å². The maximum atomic E-state index is 12.0. The third kappa shape index (κ3) is 2.36. The fourth-order valence-electron chi connectivity index (χ4n) is 1.65. The highest BCUT2D eigenvalue weighted by Crippen LogP contribution is 2.31. The van der Waals surface area contributed by atoms with Gasteiger partial charge in [0.1, 0.15) is 11.3 Å². The highest BCUT2D eigenvalue weighted by atomic mass is 16.7. The van der Waals surface area contributed by atoms with Crippen LogP contribution in [0.1, 0.15) is 10.6 Å². The Bertz CT molecular complexity index is 634. The Hall–Kier alpha value is -2.54. The predicted molar refractivity (Wildman–Crippen MR) is 67.0 cm³/mol. The van der Waals surface area contributed by atoms with E-state index in [4.69, 9.17) is 14.4 Å². The Morgan fingerprint density at radius 2 is 2.05 bits per heavy atom. The van der Waals surface area contributed by atoms with Crippen LogP contribution in [0.3, 0.4) is 0 Å². The molecule has 0 bridgehead atoms. The van der Waals surface area contributed by atoms with Gasteiger partial charge in [0.2, 0.25) is 5.76 Å². The van der Waals surface area contributed by atoms with E-state index in [1.807, 2.05) is 0 Å². The molecule has 2 aromatic rings. The lowest BCUT2D eigenvalue weighted by atomic mass is 10.2. The third-order valence-electron chi connectivity index (χ3n) is 2.58. The fourth-order valence-corrected chi connectivity index (χ4v) is 1.65. The molecule has 0 fully saturated rings. The molecular weight excluding hydrogens is 252 g/mol. The monoisotopic (exact) mass is 264 g/mol. The molecule has 0 atom stereocenters. The Morgan fingerprint density at radius 3 is 2.68 bits per heavy atom. The van der Waals surface area contributed by atoms with Crippen LogP contribution < -0.4 is 5.32 Å². The van der Waals surface area contributed by atoms with Gasteiger partial charge >= 0.3 is 12.0 Å². The molecule has 0 spiro atoms. The number of para-hydroxylation sites is 1. The summed E-state index contributed by atoms with van der Waals surface area (Å²) in [5, 5.41) is 12.5. The smallest absolute Gasteiger partial charge is 0.409 e. The zero-order valence-electron chi connectivity index (χ0n) is 10.3. The number of hydrogen-bond acceptors (Lipinski definition) is 4. The minimum absolute atomic E-state index is 0.108. The Labute approximate surface area is 108 Å². The molecule has 7 nitrogen and oxygen atoms in total. The van der Waals surface area contributed by atoms with Crippen LogP contribution in [0.25, 0.3) is 11.0 Å². The highest BCUT2D eigenvalue weighted by Gasteiger charge is 2.24. The lowest BCUT2D eigenvalue weighted by molar-refractivity contribution is -0.0771. The first-order chi connectivity index (χ1) is 9.04. The Morgan fingerprint density at radius 1 is 1.37 bits per heavy atom. The maximum Gasteiger partial charge on any atom is 0.409 e. The topological polar surface area (TPSA) is 92.0 Å². The number of hydrogen-bond donors (Lipinski definition) is 2. The van der Waals surface area contributed by atoms with Crippen LogP contribution in [0.4, 0.5) is 10.5 Å². The van der Waals surface area contributed by atoms with E-state index >= 15 is 0 Å². The van der Waals surface area contributed by atoms with E-state index < -0.39 is 12.0 Å². The molecular formula is C12H12N2O5. The molecule has 0 saturated carbocycles. The molecule has 0 aliphatic carbocycles. The number of fused-ring (bicyclic) bond motifs is 1. The second-order valence-corrected chi connectivity index (χ2v) is 3.72. The molecule has 7 heteroatoms. The first-order valence-corrected chi connectivity index (χ1v) is 5.38. The summed E-state index contributed by atoms with van der Waals surface area (Å²) in [4.78, 5) is 27.6. The molecule has 0 saturated heterocycles. The molecule has 100 valence electrons. The minimum Gasteiger partial charge on any atom is -0.465 e. The van der Waals surface area contributed by atoms with E-state index in [9.17, 15) is 9.59 Å². The van der Waals surface area contributed by atoms with Crippen LogP contribution in [0.5, 0.6) is 0 Å². The van der Waals surface area contributed by atoms with Crippen molar-refractivity contribution in [2.24, 2.45) is 0 Å². The highest BCUT2D eigenvalue weighted by molar-refractivity contribution is 6.09. The average molecular weight is 264 g/mol. The standard InChI is InChI=1S/C12H12N2O5/c1-14(18-2)11(15)10-9(13-12(16)17)7-5-3-4-6-8(7)19-10/h3-6,13H,1-2H3,(H,16,17). The molecule has 0 aliphatic heterocycles. The van der Waals surface area contributed by atoms with Crippen LogP contribution in [-0.4, -0.2) is 36.3 Å². The molecule has 1 heterocycles. The van der Waals surface area contributed by atoms with Gasteiger partial charge < -0.3 is 9.52 Å². The van der Waals surface area contributed by atoms with E-state index in [0.717, 1.165) is 5.06 Å². The molecule has 2 N–H and O–H groups in total. The van der Waals surface area contributed by atoms with Gasteiger partial charge in [-0.2, -0.15) is 0 Å². The average Bonchev–Trinajstić information content (AvgIpc) is 2.75. The lowest BCUT2D eigenvalue weighted by Crippen LogP contribution is -2.26. The number of hydroxylamine groups is 2. The first-order valence-electron chi connectivity index (χ1n) is 5.38. The summed E-state index contributed by atoms with van der Waals surface area (Å²) in [6, 6.07) is 6.75. The van der Waals surface area contributed by atoms with Gasteiger partial charge in [-0.1, -0.05) is 12.1 Å². The normalized spacial score (nSPS) is 10.4. The molecule has 0 aliphatic rings. The zero-order valence-corrected chi connectivity index (χ0v) is 10.3. The van der Waals surface area contributed by atoms with Gasteiger partial charge in [-0.3, -0.25) is 14.9 Å². The summed E-state index contributed by atoms with van der Waals surface area (Å²) < 4.78 is 5.39. The lowest BCUT2D eigenvalue weighted by Gasteiger charge is -2.12. The molecule has 0 unspecified atom stereocenters. The van der Waals surface area contributed by atoms with Gasteiger partial charge in [0.05, 0.1) is 7.11 Å². The number of nitrogens with zero attached hydrogens (tertiary/aromatic N) is 1. The van der Waals surface area contributed by atoms with Crippen molar-refractivity contribution in [3.8, 4) is 0 Å². The van der Waals surface area contributed by atoms with Gasteiger partial charge in [-0.05, 0) is 12.1 Å². The van der Waals surface area contributed by atoms with E-state index in [-0.39, 0.29) is 11.4 Å². The van der Waals surface area contributed by atoms with Gasteiger partial charge in [-0.25, -0.2) is 9.86 Å². The molecule has 1 aromatic heterocycles. The molecule has 0 radical (unpaired) electrons. The minimum atomic E-state index is -1.28. The fraction of sp³-hybridized carbons (Fsp3) is 0.167. The maximum absolute atomic E-state index is 12.0. The zero-order chi connectivity index (χ0) is 14.0. The number of anilines is 1. The molecule has 19 heavy (non-hydrogen) atoms. The number of carboxylic acid groups (broad SMARTS) is 1. The van der Waals surface area contributed by atoms with Gasteiger partial charge in [0, 0.05) is 12.4 Å². The molecule has 1 aromatic carbocycles. The van der Waals surface area contributed by atoms with E-state index in [1.54, 1.807) is 24.3 Å². The second-order valence-electron chi connectivity index (χ2n) is 3.72. The van der Waals surface area contributed by atoms with Crippen LogP contribution in [0.2, 0.25) is 0 Å². The van der Waals surface area contributed by atoms with E-state index in [1.165, 1.54) is 14.2 Å². The van der Waals surface area contributed by atoms with Crippen molar-refractivity contribution in [2.75, 3.05) is 19.5 Å². The van der Waals surface area contributed by atoms with E-state index in [0.29, 0.717) is 11.0 Å². The summed E-state index contributed by atoms with van der Waals surface area (Å²) in [5.74, 6) is -0.699. The molecule has 2 rings (SSSR count). The van der Waals surface area contributed by atoms with Gasteiger partial charge in [0.25, 0.3) is 0 Å². The SMILES string of the molecule is CON(C)C(=O)c1oc2ccccc2c1NC(=O)O. The number of rotatable bonds is 3. The third-order valence-corrected chi connectivity index (χ3v) is 2.58. The summed E-state index contributed by atoms with van der Waals surface area (Å²) >= 11 is 0. The summed E-state index contributed by atoms with van der Waals surface area (Å²) in [5.41, 5.74) is 0.524. The van der Waals surface area contributed by atoms with E-state index in [2.05, 4.69) is 5.32 Å². The van der Waals surface area contributed by atoms with Crippen molar-refractivity contribution in [1.82, 2.24) is 5.06 Å². The van der Waals surface area contributed by atoms with Crippen LogP contribution in [-0.2, 0) is 4.84 Å². The number of carbonyl (C=O) groups is 2. The quantitative estimate of drug-likeness (QED) is 0.829. The van der Waals surface area contributed by atoms with Crippen molar-refractivity contribution >= 4 is 28.7 Å². The van der Waals surface area contributed by atoms with Gasteiger partial charge in [0.15, 0.2) is 0 Å². The number of amides is 2. The Balaban J connectivity index is 2.58. The Kier molecular flexibility index (Phi) is 3.39. The summed E-state index contributed by atoms with van der Waals surface area (Å²) in [6.45, 7) is 0.